The van der Waals surface area contributed by atoms with Crippen molar-refractivity contribution in [1.29, 1.82) is 0 Å². The molecule has 0 bridgehead atoms. The number of nitrogens with one attached hydrogen (secondary N) is 1. The molecule has 1 aliphatic carbocycles. The summed E-state index contributed by atoms with van der Waals surface area (Å²) in [5, 5.41) is 3.02. The molecule has 3 N–H and O–H groups in total. The summed E-state index contributed by atoms with van der Waals surface area (Å²) in [6.07, 6.45) is 4.23. The third-order valence-corrected chi connectivity index (χ3v) is 3.71. The number of amides is 1. The highest BCUT2D eigenvalue weighted by molar-refractivity contribution is 5.78. The highest BCUT2D eigenvalue weighted by Gasteiger charge is 2.27. The van der Waals surface area contributed by atoms with E-state index < -0.39 is 0 Å². The molecule has 0 aromatic carbocycles. The largest absolute Gasteiger partial charge is 0.374 e. The van der Waals surface area contributed by atoms with Crippen molar-refractivity contribution in [3.8, 4) is 0 Å². The topological polar surface area (TPSA) is 64.3 Å². The zero-order valence-electron chi connectivity index (χ0n) is 12.0. The smallest absolute Gasteiger partial charge is 0.223 e. The van der Waals surface area contributed by atoms with Gasteiger partial charge in [0.25, 0.3) is 0 Å². The van der Waals surface area contributed by atoms with Crippen LogP contribution < -0.4 is 11.1 Å². The minimum atomic E-state index is -0.285. The second-order valence-corrected chi connectivity index (χ2v) is 5.88. The summed E-state index contributed by atoms with van der Waals surface area (Å²) < 4.78 is 5.57. The maximum absolute atomic E-state index is 12.1. The van der Waals surface area contributed by atoms with Crippen LogP contribution in [0.3, 0.4) is 0 Å². The molecule has 1 aliphatic rings. The average molecular weight is 256 g/mol. The predicted molar refractivity (Wildman–Crippen MR) is 73.2 cm³/mol. The van der Waals surface area contributed by atoms with Gasteiger partial charge >= 0.3 is 0 Å². The summed E-state index contributed by atoms with van der Waals surface area (Å²) in [5.41, 5.74) is 5.41. The molecule has 0 radical (unpaired) electrons. The first-order valence-electron chi connectivity index (χ1n) is 7.10. The summed E-state index contributed by atoms with van der Waals surface area (Å²) >= 11 is 0. The summed E-state index contributed by atoms with van der Waals surface area (Å²) in [4.78, 5) is 12.1. The maximum atomic E-state index is 12.1. The molecule has 4 nitrogen and oxygen atoms in total. The van der Waals surface area contributed by atoms with Crippen LogP contribution in [0.1, 0.15) is 46.5 Å². The van der Waals surface area contributed by atoms with Gasteiger partial charge in [0.2, 0.25) is 5.91 Å². The molecule has 0 saturated heterocycles. The van der Waals surface area contributed by atoms with E-state index >= 15 is 0 Å². The molecule has 106 valence electrons. The van der Waals surface area contributed by atoms with Crippen molar-refractivity contribution in [2.24, 2.45) is 17.6 Å². The Bertz CT molecular complexity index is 267. The van der Waals surface area contributed by atoms with Gasteiger partial charge in [-0.1, -0.05) is 6.42 Å². The molecule has 0 aliphatic heterocycles. The lowest BCUT2D eigenvalue weighted by molar-refractivity contribution is -0.128. The summed E-state index contributed by atoms with van der Waals surface area (Å²) in [6.45, 7) is 7.91. The Balaban J connectivity index is 2.36. The number of carbonyl (C=O) groups excluding carboxylic acids is 1. The third-order valence-electron chi connectivity index (χ3n) is 3.71. The molecule has 2 unspecified atom stereocenters. The lowest BCUT2D eigenvalue weighted by Crippen LogP contribution is -2.43. The molecule has 4 heteroatoms. The van der Waals surface area contributed by atoms with Crippen LogP contribution in [0.5, 0.6) is 0 Å². The van der Waals surface area contributed by atoms with Crippen LogP contribution in [-0.4, -0.2) is 31.2 Å². The SMILES string of the molecule is CCOC(C)(C)CNC(=O)C1CCCC(CN)C1. The molecule has 1 rings (SSSR count). The molecule has 0 aromatic rings. The van der Waals surface area contributed by atoms with E-state index in [1.54, 1.807) is 0 Å². The van der Waals surface area contributed by atoms with E-state index in [1.807, 2.05) is 20.8 Å². The number of nitrogens with two attached hydrogens (primary N) is 1. The zero-order chi connectivity index (χ0) is 13.6. The Morgan fingerprint density at radius 3 is 2.78 bits per heavy atom. The van der Waals surface area contributed by atoms with E-state index in [-0.39, 0.29) is 17.4 Å². The molecule has 18 heavy (non-hydrogen) atoms. The fraction of sp³-hybridized carbons (Fsp3) is 0.929. The van der Waals surface area contributed by atoms with Gasteiger partial charge in [-0.15, -0.1) is 0 Å². The first kappa shape index (κ1) is 15.4. The fourth-order valence-corrected chi connectivity index (χ4v) is 2.63. The molecule has 0 aromatic heterocycles. The lowest BCUT2D eigenvalue weighted by Gasteiger charge is -2.30. The minimum Gasteiger partial charge on any atom is -0.374 e. The van der Waals surface area contributed by atoms with E-state index in [0.29, 0.717) is 25.6 Å². The van der Waals surface area contributed by atoms with Crippen LogP contribution in [0, 0.1) is 11.8 Å². The van der Waals surface area contributed by atoms with Gasteiger partial charge in [-0.2, -0.15) is 0 Å². The molecule has 1 amide bonds. The minimum absolute atomic E-state index is 0.143. The molecular weight excluding hydrogens is 228 g/mol. The molecule has 0 heterocycles. The van der Waals surface area contributed by atoms with Crippen LogP contribution in [0.2, 0.25) is 0 Å². The molecule has 1 fully saturated rings. The van der Waals surface area contributed by atoms with Gasteiger partial charge in [0.15, 0.2) is 0 Å². The van der Waals surface area contributed by atoms with Gasteiger partial charge in [-0.25, -0.2) is 0 Å². The molecular formula is C14H28N2O2. The van der Waals surface area contributed by atoms with E-state index in [4.69, 9.17) is 10.5 Å². The Labute approximate surface area is 111 Å². The number of rotatable bonds is 6. The first-order chi connectivity index (χ1) is 8.48. The highest BCUT2D eigenvalue weighted by atomic mass is 16.5. The number of hydrogen-bond acceptors (Lipinski definition) is 3. The number of hydrogen-bond donors (Lipinski definition) is 2. The van der Waals surface area contributed by atoms with Gasteiger partial charge in [0.05, 0.1) is 5.60 Å². The quantitative estimate of drug-likeness (QED) is 0.760. The van der Waals surface area contributed by atoms with E-state index in [0.717, 1.165) is 19.3 Å². The average Bonchev–Trinajstić information content (AvgIpc) is 2.36. The Morgan fingerprint density at radius 1 is 1.44 bits per heavy atom. The Hall–Kier alpha value is -0.610. The van der Waals surface area contributed by atoms with Crippen molar-refractivity contribution in [3.63, 3.8) is 0 Å². The molecule has 0 spiro atoms. The van der Waals surface area contributed by atoms with Crippen LogP contribution in [0.25, 0.3) is 0 Å². The van der Waals surface area contributed by atoms with Crippen molar-refractivity contribution in [2.45, 2.75) is 52.1 Å². The second-order valence-electron chi connectivity index (χ2n) is 5.88. The van der Waals surface area contributed by atoms with Gasteiger partial charge in [0, 0.05) is 19.1 Å². The van der Waals surface area contributed by atoms with Gasteiger partial charge in [-0.05, 0) is 52.5 Å². The number of carbonyl (C=O) groups is 1. The van der Waals surface area contributed by atoms with Crippen LogP contribution in [-0.2, 0) is 9.53 Å². The summed E-state index contributed by atoms with van der Waals surface area (Å²) in [5.74, 6) is 0.833. The molecule has 2 atom stereocenters. The van der Waals surface area contributed by atoms with Crippen LogP contribution in [0.4, 0.5) is 0 Å². The first-order valence-corrected chi connectivity index (χ1v) is 7.10. The van der Waals surface area contributed by atoms with Crippen molar-refractivity contribution < 1.29 is 9.53 Å². The fourth-order valence-electron chi connectivity index (χ4n) is 2.63. The van der Waals surface area contributed by atoms with E-state index in [1.165, 1.54) is 6.42 Å². The highest BCUT2D eigenvalue weighted by Crippen LogP contribution is 2.28. The summed E-state index contributed by atoms with van der Waals surface area (Å²) in [7, 11) is 0. The Kier molecular flexibility index (Phi) is 6.09. The maximum Gasteiger partial charge on any atom is 0.223 e. The van der Waals surface area contributed by atoms with E-state index in [9.17, 15) is 4.79 Å². The van der Waals surface area contributed by atoms with Crippen LogP contribution >= 0.6 is 0 Å². The zero-order valence-corrected chi connectivity index (χ0v) is 12.0. The monoisotopic (exact) mass is 256 g/mol. The summed E-state index contributed by atoms with van der Waals surface area (Å²) in [6, 6.07) is 0. The predicted octanol–water partition coefficient (Wildman–Crippen LogP) is 1.68. The van der Waals surface area contributed by atoms with Gasteiger partial charge in [-0.3, -0.25) is 4.79 Å². The lowest BCUT2D eigenvalue weighted by atomic mass is 9.81. The molecule has 1 saturated carbocycles. The second kappa shape index (κ2) is 7.10. The van der Waals surface area contributed by atoms with Gasteiger partial charge < -0.3 is 15.8 Å². The van der Waals surface area contributed by atoms with E-state index in [2.05, 4.69) is 5.32 Å². The van der Waals surface area contributed by atoms with Crippen molar-refractivity contribution in [1.82, 2.24) is 5.32 Å². The Morgan fingerprint density at radius 2 is 2.17 bits per heavy atom. The van der Waals surface area contributed by atoms with Crippen molar-refractivity contribution in [2.75, 3.05) is 19.7 Å². The number of ether oxygens (including phenoxy) is 1. The standard InChI is InChI=1S/C14H28N2O2/c1-4-18-14(2,3)10-16-13(17)12-7-5-6-11(8-12)9-15/h11-12H,4-10,15H2,1-3H3,(H,16,17). The van der Waals surface area contributed by atoms with Crippen LogP contribution in [0.15, 0.2) is 0 Å². The van der Waals surface area contributed by atoms with Crippen molar-refractivity contribution >= 4 is 5.91 Å². The van der Waals surface area contributed by atoms with Crippen molar-refractivity contribution in [3.05, 3.63) is 0 Å². The van der Waals surface area contributed by atoms with Gasteiger partial charge in [0.1, 0.15) is 0 Å². The third kappa shape index (κ3) is 4.94. The normalized spacial score (nSPS) is 24.9.